The first-order valence-electron chi connectivity index (χ1n) is 6.62. The lowest BCUT2D eigenvalue weighted by Gasteiger charge is -2.09. The fourth-order valence-electron chi connectivity index (χ4n) is 1.84. The fraction of sp³-hybridized carbons (Fsp3) is 0.286. The largest absolute Gasteiger partial charge is 0.331 e. The van der Waals surface area contributed by atoms with E-state index in [4.69, 9.17) is 0 Å². The summed E-state index contributed by atoms with van der Waals surface area (Å²) < 4.78 is 0. The molecule has 0 aliphatic heterocycles. The number of hydrogen-bond acceptors (Lipinski definition) is 4. The Kier molecular flexibility index (Phi) is 5.03. The van der Waals surface area contributed by atoms with Gasteiger partial charge in [-0.2, -0.15) is 5.10 Å². The number of rotatable bonds is 6. The number of amides is 2. The normalized spacial score (nSPS) is 11.7. The van der Waals surface area contributed by atoms with Crippen LogP contribution in [0.5, 0.6) is 0 Å². The second kappa shape index (κ2) is 7.18. The number of hydrogen-bond donors (Lipinski definition) is 3. The van der Waals surface area contributed by atoms with Gasteiger partial charge in [-0.05, 0) is 12.1 Å². The highest BCUT2D eigenvalue weighted by atomic mass is 16.2. The summed E-state index contributed by atoms with van der Waals surface area (Å²) in [7, 11) is 0. The Morgan fingerprint density at radius 2 is 2.05 bits per heavy atom. The topological polar surface area (TPSA) is 99.8 Å². The van der Waals surface area contributed by atoms with Crippen LogP contribution in [0.1, 0.15) is 25.1 Å². The van der Waals surface area contributed by atoms with Gasteiger partial charge in [-0.1, -0.05) is 25.1 Å². The minimum atomic E-state index is -0.401. The van der Waals surface area contributed by atoms with Crippen molar-refractivity contribution >= 4 is 17.5 Å². The lowest BCUT2D eigenvalue weighted by Crippen LogP contribution is -2.33. The second-order valence-electron chi connectivity index (χ2n) is 4.69. The first-order valence-corrected chi connectivity index (χ1v) is 6.62. The van der Waals surface area contributed by atoms with Crippen molar-refractivity contribution in [3.63, 3.8) is 0 Å². The van der Waals surface area contributed by atoms with Gasteiger partial charge in [-0.15, -0.1) is 0 Å². The molecule has 2 aromatic rings. The van der Waals surface area contributed by atoms with Crippen molar-refractivity contribution in [3.8, 4) is 0 Å². The van der Waals surface area contributed by atoms with Gasteiger partial charge in [0.15, 0.2) is 5.78 Å². The number of ketones is 1. The number of urea groups is 1. The van der Waals surface area contributed by atoms with Gasteiger partial charge in [-0.3, -0.25) is 9.89 Å². The molecule has 2 rings (SSSR count). The van der Waals surface area contributed by atoms with E-state index < -0.39 is 6.03 Å². The molecule has 3 N–H and O–H groups in total. The molecular formula is C14H17N5O2. The van der Waals surface area contributed by atoms with Gasteiger partial charge in [0, 0.05) is 18.0 Å². The number of para-hydroxylation sites is 1. The summed E-state index contributed by atoms with van der Waals surface area (Å²) in [6, 6.07) is 8.64. The number of Topliss-reactive ketones (excluding diaryl/α,β-unsaturated/α-hetero) is 1. The van der Waals surface area contributed by atoms with Crippen molar-refractivity contribution in [1.29, 1.82) is 0 Å². The molecule has 21 heavy (non-hydrogen) atoms. The van der Waals surface area contributed by atoms with Gasteiger partial charge in [0.2, 0.25) is 0 Å². The van der Waals surface area contributed by atoms with Crippen molar-refractivity contribution in [2.75, 3.05) is 11.9 Å². The monoisotopic (exact) mass is 287 g/mol. The maximum Gasteiger partial charge on any atom is 0.319 e. The van der Waals surface area contributed by atoms with Crippen LogP contribution in [0, 0.1) is 0 Å². The molecule has 0 bridgehead atoms. The van der Waals surface area contributed by atoms with Gasteiger partial charge >= 0.3 is 6.03 Å². The number of nitrogens with one attached hydrogen (secondary N) is 3. The summed E-state index contributed by atoms with van der Waals surface area (Å²) in [5.74, 6) is 0.540. The fourth-order valence-corrected chi connectivity index (χ4v) is 1.84. The molecule has 1 aromatic heterocycles. The average Bonchev–Trinajstić information content (AvgIpc) is 3.00. The highest BCUT2D eigenvalue weighted by Gasteiger charge is 2.14. The third-order valence-corrected chi connectivity index (χ3v) is 2.91. The van der Waals surface area contributed by atoms with Gasteiger partial charge in [0.25, 0.3) is 0 Å². The number of nitrogens with zero attached hydrogens (tertiary/aromatic N) is 2. The number of carbonyl (C=O) groups is 2. The van der Waals surface area contributed by atoms with Crippen LogP contribution in [0.25, 0.3) is 0 Å². The van der Waals surface area contributed by atoms with Crippen LogP contribution in [-0.4, -0.2) is 33.5 Å². The van der Waals surface area contributed by atoms with E-state index in [9.17, 15) is 9.59 Å². The third kappa shape index (κ3) is 4.72. The summed E-state index contributed by atoms with van der Waals surface area (Å²) in [5, 5.41) is 11.7. The Hall–Kier alpha value is -2.70. The molecule has 1 atom stereocenters. The summed E-state index contributed by atoms with van der Waals surface area (Å²) >= 11 is 0. The molecule has 0 aliphatic rings. The number of aromatic nitrogens is 3. The Bertz CT molecular complexity index is 583. The molecule has 110 valence electrons. The van der Waals surface area contributed by atoms with Gasteiger partial charge in [0.1, 0.15) is 12.2 Å². The minimum absolute atomic E-state index is 0.0167. The second-order valence-corrected chi connectivity index (χ2v) is 4.69. The average molecular weight is 287 g/mol. The zero-order valence-corrected chi connectivity index (χ0v) is 11.7. The Balaban J connectivity index is 1.72. The Morgan fingerprint density at radius 3 is 2.71 bits per heavy atom. The molecule has 0 spiro atoms. The predicted molar refractivity (Wildman–Crippen MR) is 77.9 cm³/mol. The quantitative estimate of drug-likeness (QED) is 0.752. The molecule has 0 saturated heterocycles. The summed E-state index contributed by atoms with van der Waals surface area (Å²) in [4.78, 5) is 27.4. The summed E-state index contributed by atoms with van der Waals surface area (Å²) in [6.07, 6.45) is 1.70. The number of carbonyl (C=O) groups excluding carboxylic acids is 2. The van der Waals surface area contributed by atoms with Crippen LogP contribution in [-0.2, 0) is 4.79 Å². The molecular weight excluding hydrogens is 270 g/mol. The Morgan fingerprint density at radius 1 is 1.29 bits per heavy atom. The maximum absolute atomic E-state index is 11.8. The SMILES string of the molecule is CC(CC(=O)CNC(=O)Nc1ccccc1)c1ncn[nH]1. The number of benzene rings is 1. The van der Waals surface area contributed by atoms with Gasteiger partial charge in [0.05, 0.1) is 6.54 Å². The third-order valence-electron chi connectivity index (χ3n) is 2.91. The predicted octanol–water partition coefficient (Wildman–Crippen LogP) is 1.69. The Labute approximate surface area is 122 Å². The lowest BCUT2D eigenvalue weighted by molar-refractivity contribution is -0.118. The van der Waals surface area contributed by atoms with Crippen LogP contribution in [0.4, 0.5) is 10.5 Å². The van der Waals surface area contributed by atoms with Crippen molar-refractivity contribution in [2.24, 2.45) is 0 Å². The summed E-state index contributed by atoms with van der Waals surface area (Å²) in [6.45, 7) is 1.86. The van der Waals surface area contributed by atoms with E-state index in [1.165, 1.54) is 6.33 Å². The number of H-pyrrole nitrogens is 1. The van der Waals surface area contributed by atoms with E-state index in [0.717, 1.165) is 0 Å². The van der Waals surface area contributed by atoms with E-state index in [1.807, 2.05) is 25.1 Å². The van der Waals surface area contributed by atoms with Crippen LogP contribution < -0.4 is 10.6 Å². The maximum atomic E-state index is 11.8. The van der Waals surface area contributed by atoms with Crippen LogP contribution >= 0.6 is 0 Å². The van der Waals surface area contributed by atoms with E-state index in [-0.39, 0.29) is 18.2 Å². The summed E-state index contributed by atoms with van der Waals surface area (Å²) in [5.41, 5.74) is 0.678. The van der Waals surface area contributed by atoms with E-state index in [0.29, 0.717) is 17.9 Å². The molecule has 2 amide bonds. The van der Waals surface area contributed by atoms with Gasteiger partial charge in [-0.25, -0.2) is 9.78 Å². The standard InChI is InChI=1S/C14H17N5O2/c1-10(13-16-9-17-19-13)7-12(20)8-15-14(21)18-11-5-3-2-4-6-11/h2-6,9-10H,7-8H2,1H3,(H2,15,18,21)(H,16,17,19). The molecule has 1 unspecified atom stereocenters. The minimum Gasteiger partial charge on any atom is -0.331 e. The zero-order chi connectivity index (χ0) is 15.1. The zero-order valence-electron chi connectivity index (χ0n) is 11.7. The lowest BCUT2D eigenvalue weighted by atomic mass is 10.0. The van der Waals surface area contributed by atoms with E-state index >= 15 is 0 Å². The molecule has 7 heteroatoms. The van der Waals surface area contributed by atoms with E-state index in [2.05, 4.69) is 25.8 Å². The van der Waals surface area contributed by atoms with Crippen molar-refractivity contribution in [3.05, 3.63) is 42.5 Å². The van der Waals surface area contributed by atoms with Crippen LogP contribution in [0.2, 0.25) is 0 Å². The molecule has 0 saturated carbocycles. The molecule has 1 heterocycles. The van der Waals surface area contributed by atoms with Crippen LogP contribution in [0.3, 0.4) is 0 Å². The van der Waals surface area contributed by atoms with Crippen molar-refractivity contribution in [2.45, 2.75) is 19.3 Å². The van der Waals surface area contributed by atoms with E-state index in [1.54, 1.807) is 12.1 Å². The molecule has 0 radical (unpaired) electrons. The van der Waals surface area contributed by atoms with Crippen molar-refractivity contribution in [1.82, 2.24) is 20.5 Å². The number of anilines is 1. The molecule has 0 aliphatic carbocycles. The number of aromatic amines is 1. The highest BCUT2D eigenvalue weighted by molar-refractivity contribution is 5.92. The van der Waals surface area contributed by atoms with Crippen LogP contribution in [0.15, 0.2) is 36.7 Å². The van der Waals surface area contributed by atoms with Crippen molar-refractivity contribution < 1.29 is 9.59 Å². The first kappa shape index (κ1) is 14.7. The van der Waals surface area contributed by atoms with Gasteiger partial charge < -0.3 is 10.6 Å². The molecule has 0 fully saturated rings. The smallest absolute Gasteiger partial charge is 0.319 e. The molecule has 7 nitrogen and oxygen atoms in total. The molecule has 1 aromatic carbocycles. The highest BCUT2D eigenvalue weighted by Crippen LogP contribution is 2.13. The first-order chi connectivity index (χ1) is 10.1.